The lowest BCUT2D eigenvalue weighted by Crippen LogP contribution is -2.03. The SMILES string of the molecule is COCCCOc1ccc(CN)nc1. The van der Waals surface area contributed by atoms with Crippen LogP contribution in [-0.2, 0) is 11.3 Å². The Labute approximate surface area is 84.0 Å². The van der Waals surface area contributed by atoms with Crippen molar-refractivity contribution in [1.29, 1.82) is 0 Å². The van der Waals surface area contributed by atoms with Gasteiger partial charge in [-0.15, -0.1) is 0 Å². The summed E-state index contributed by atoms with van der Waals surface area (Å²) in [6, 6.07) is 3.74. The molecule has 1 aromatic rings. The normalized spacial score (nSPS) is 10.1. The Morgan fingerprint density at radius 2 is 2.21 bits per heavy atom. The highest BCUT2D eigenvalue weighted by molar-refractivity contribution is 5.19. The average Bonchev–Trinajstić information content (AvgIpc) is 2.25. The van der Waals surface area contributed by atoms with Gasteiger partial charge < -0.3 is 15.2 Å². The maximum absolute atomic E-state index is 5.42. The summed E-state index contributed by atoms with van der Waals surface area (Å²) >= 11 is 0. The first-order valence-electron chi connectivity index (χ1n) is 4.63. The zero-order valence-corrected chi connectivity index (χ0v) is 8.40. The number of hydrogen-bond donors (Lipinski definition) is 1. The van der Waals surface area contributed by atoms with Gasteiger partial charge in [0.15, 0.2) is 0 Å². The van der Waals surface area contributed by atoms with Crippen LogP contribution in [0.4, 0.5) is 0 Å². The predicted octanol–water partition coefficient (Wildman–Crippen LogP) is 0.956. The number of aromatic nitrogens is 1. The van der Waals surface area contributed by atoms with E-state index in [2.05, 4.69) is 4.98 Å². The number of rotatable bonds is 6. The van der Waals surface area contributed by atoms with E-state index in [1.165, 1.54) is 0 Å². The Bertz CT molecular complexity index is 249. The lowest BCUT2D eigenvalue weighted by Gasteiger charge is -2.05. The number of ether oxygens (including phenoxy) is 2. The largest absolute Gasteiger partial charge is 0.492 e. The monoisotopic (exact) mass is 196 g/mol. The Morgan fingerprint density at radius 3 is 2.79 bits per heavy atom. The van der Waals surface area contributed by atoms with Crippen LogP contribution in [0.5, 0.6) is 5.75 Å². The smallest absolute Gasteiger partial charge is 0.137 e. The van der Waals surface area contributed by atoms with Crippen molar-refractivity contribution in [1.82, 2.24) is 4.98 Å². The summed E-state index contributed by atoms with van der Waals surface area (Å²) in [6.07, 6.45) is 2.57. The third kappa shape index (κ3) is 3.72. The molecule has 0 aliphatic carbocycles. The van der Waals surface area contributed by atoms with E-state index in [9.17, 15) is 0 Å². The van der Waals surface area contributed by atoms with Crippen LogP contribution in [0, 0.1) is 0 Å². The van der Waals surface area contributed by atoms with Crippen molar-refractivity contribution in [3.8, 4) is 5.75 Å². The van der Waals surface area contributed by atoms with Crippen LogP contribution in [0.2, 0.25) is 0 Å². The summed E-state index contributed by atoms with van der Waals surface area (Å²) in [5.41, 5.74) is 6.29. The van der Waals surface area contributed by atoms with Crippen molar-refractivity contribution in [3.63, 3.8) is 0 Å². The van der Waals surface area contributed by atoms with E-state index in [1.54, 1.807) is 13.3 Å². The fraction of sp³-hybridized carbons (Fsp3) is 0.500. The highest BCUT2D eigenvalue weighted by Gasteiger charge is 1.94. The minimum absolute atomic E-state index is 0.462. The third-order valence-electron chi connectivity index (χ3n) is 1.77. The minimum Gasteiger partial charge on any atom is -0.492 e. The van der Waals surface area contributed by atoms with Crippen molar-refractivity contribution < 1.29 is 9.47 Å². The lowest BCUT2D eigenvalue weighted by atomic mass is 10.3. The average molecular weight is 196 g/mol. The predicted molar refractivity (Wildman–Crippen MR) is 54.1 cm³/mol. The molecule has 0 aromatic carbocycles. The van der Waals surface area contributed by atoms with Crippen LogP contribution in [0.3, 0.4) is 0 Å². The quantitative estimate of drug-likeness (QED) is 0.688. The molecule has 1 heterocycles. The summed E-state index contributed by atoms with van der Waals surface area (Å²) < 4.78 is 10.3. The number of hydrogen-bond acceptors (Lipinski definition) is 4. The number of nitrogens with zero attached hydrogens (tertiary/aromatic N) is 1. The molecule has 0 fully saturated rings. The molecule has 78 valence electrons. The van der Waals surface area contributed by atoms with Gasteiger partial charge in [-0.05, 0) is 12.1 Å². The molecule has 0 atom stereocenters. The second kappa shape index (κ2) is 6.34. The third-order valence-corrected chi connectivity index (χ3v) is 1.77. The Hall–Kier alpha value is -1.13. The van der Waals surface area contributed by atoms with Crippen LogP contribution < -0.4 is 10.5 Å². The van der Waals surface area contributed by atoms with E-state index in [-0.39, 0.29) is 0 Å². The molecule has 0 unspecified atom stereocenters. The van der Waals surface area contributed by atoms with Gasteiger partial charge in [0, 0.05) is 26.7 Å². The second-order valence-corrected chi connectivity index (χ2v) is 2.88. The van der Waals surface area contributed by atoms with E-state index in [4.69, 9.17) is 15.2 Å². The maximum atomic E-state index is 5.42. The molecule has 0 saturated heterocycles. The van der Waals surface area contributed by atoms with Gasteiger partial charge in [0.25, 0.3) is 0 Å². The first kappa shape index (κ1) is 10.9. The molecule has 14 heavy (non-hydrogen) atoms. The zero-order valence-electron chi connectivity index (χ0n) is 8.40. The molecule has 1 aromatic heterocycles. The van der Waals surface area contributed by atoms with Gasteiger partial charge in [0.2, 0.25) is 0 Å². The van der Waals surface area contributed by atoms with Crippen LogP contribution in [-0.4, -0.2) is 25.3 Å². The molecule has 0 aliphatic rings. The van der Waals surface area contributed by atoms with Gasteiger partial charge >= 0.3 is 0 Å². The molecule has 0 aliphatic heterocycles. The lowest BCUT2D eigenvalue weighted by molar-refractivity contribution is 0.172. The molecule has 1 rings (SSSR count). The van der Waals surface area contributed by atoms with Gasteiger partial charge in [0.05, 0.1) is 18.5 Å². The van der Waals surface area contributed by atoms with Crippen LogP contribution in [0.15, 0.2) is 18.3 Å². The molecule has 0 radical (unpaired) electrons. The summed E-state index contributed by atoms with van der Waals surface area (Å²) in [4.78, 5) is 4.11. The first-order chi connectivity index (χ1) is 6.86. The van der Waals surface area contributed by atoms with Gasteiger partial charge in [-0.3, -0.25) is 4.98 Å². The van der Waals surface area contributed by atoms with E-state index in [0.717, 1.165) is 17.9 Å². The number of nitrogens with two attached hydrogens (primary N) is 1. The molecular weight excluding hydrogens is 180 g/mol. The van der Waals surface area contributed by atoms with Crippen molar-refractivity contribution in [3.05, 3.63) is 24.0 Å². The van der Waals surface area contributed by atoms with E-state index < -0.39 is 0 Å². The van der Waals surface area contributed by atoms with E-state index in [1.807, 2.05) is 12.1 Å². The van der Waals surface area contributed by atoms with Gasteiger partial charge in [0.1, 0.15) is 5.75 Å². The minimum atomic E-state index is 0.462. The molecular formula is C10H16N2O2. The van der Waals surface area contributed by atoms with Crippen molar-refractivity contribution in [2.75, 3.05) is 20.3 Å². The molecule has 0 amide bonds. The topological polar surface area (TPSA) is 57.4 Å². The summed E-state index contributed by atoms with van der Waals surface area (Å²) in [7, 11) is 1.68. The van der Waals surface area contributed by atoms with E-state index >= 15 is 0 Å². The highest BCUT2D eigenvalue weighted by Crippen LogP contribution is 2.08. The molecule has 0 spiro atoms. The van der Waals surface area contributed by atoms with Crippen molar-refractivity contribution in [2.24, 2.45) is 5.73 Å². The fourth-order valence-corrected chi connectivity index (χ4v) is 1.01. The Kier molecular flexibility index (Phi) is 4.96. The van der Waals surface area contributed by atoms with Gasteiger partial charge in [-0.25, -0.2) is 0 Å². The molecule has 4 nitrogen and oxygen atoms in total. The molecule has 0 bridgehead atoms. The van der Waals surface area contributed by atoms with E-state index in [0.29, 0.717) is 19.8 Å². The van der Waals surface area contributed by atoms with Crippen LogP contribution in [0.1, 0.15) is 12.1 Å². The van der Waals surface area contributed by atoms with Crippen molar-refractivity contribution in [2.45, 2.75) is 13.0 Å². The Morgan fingerprint density at radius 1 is 1.36 bits per heavy atom. The summed E-state index contributed by atoms with van der Waals surface area (Å²) in [5, 5.41) is 0. The van der Waals surface area contributed by atoms with Gasteiger partial charge in [-0.1, -0.05) is 0 Å². The zero-order chi connectivity index (χ0) is 10.2. The highest BCUT2D eigenvalue weighted by atomic mass is 16.5. The maximum Gasteiger partial charge on any atom is 0.137 e. The standard InChI is InChI=1S/C10H16N2O2/c1-13-5-2-6-14-10-4-3-9(7-11)12-8-10/h3-4,8H,2,5-7,11H2,1H3. The molecule has 4 heteroatoms. The van der Waals surface area contributed by atoms with Crippen LogP contribution >= 0.6 is 0 Å². The number of methoxy groups -OCH3 is 1. The molecule has 0 saturated carbocycles. The second-order valence-electron chi connectivity index (χ2n) is 2.88. The van der Waals surface area contributed by atoms with Crippen molar-refractivity contribution >= 4 is 0 Å². The van der Waals surface area contributed by atoms with Gasteiger partial charge in [-0.2, -0.15) is 0 Å². The fourth-order valence-electron chi connectivity index (χ4n) is 1.01. The first-order valence-corrected chi connectivity index (χ1v) is 4.63. The van der Waals surface area contributed by atoms with Crippen LogP contribution in [0.25, 0.3) is 0 Å². The summed E-state index contributed by atoms with van der Waals surface area (Å²) in [5.74, 6) is 0.776. The number of pyridine rings is 1. The molecule has 2 N–H and O–H groups in total. The summed E-state index contributed by atoms with van der Waals surface area (Å²) in [6.45, 7) is 1.83. The Balaban J connectivity index is 2.29.